The van der Waals surface area contributed by atoms with Gasteiger partial charge in [-0.1, -0.05) is 12.1 Å². The third-order valence-electron chi connectivity index (χ3n) is 5.09. The molecule has 24 heavy (non-hydrogen) atoms. The second kappa shape index (κ2) is 5.85. The summed E-state index contributed by atoms with van der Waals surface area (Å²) in [5.74, 6) is -0.961. The van der Waals surface area contributed by atoms with Crippen LogP contribution in [-0.2, 0) is 17.6 Å². The molecule has 2 heterocycles. The van der Waals surface area contributed by atoms with Crippen molar-refractivity contribution in [3.05, 3.63) is 53.2 Å². The van der Waals surface area contributed by atoms with Crippen molar-refractivity contribution >= 4 is 11.8 Å². The monoisotopic (exact) mass is 327 g/mol. The Labute approximate surface area is 139 Å². The number of benzene rings is 1. The number of aryl methyl sites for hydroxylation is 1. The summed E-state index contributed by atoms with van der Waals surface area (Å²) in [7, 11) is 0. The molecule has 2 aromatic rings. The predicted molar refractivity (Wildman–Crippen MR) is 86.5 cm³/mol. The second-order valence-corrected chi connectivity index (χ2v) is 6.48. The van der Waals surface area contributed by atoms with Crippen molar-refractivity contribution in [3.63, 3.8) is 0 Å². The third-order valence-corrected chi connectivity index (χ3v) is 5.09. The lowest BCUT2D eigenvalue weighted by Gasteiger charge is -2.20. The molecule has 1 N–H and O–H groups in total. The Hall–Kier alpha value is -2.50. The maximum Gasteiger partial charge on any atom is 0.308 e. The van der Waals surface area contributed by atoms with Crippen LogP contribution in [0.4, 0.5) is 10.2 Å². The van der Waals surface area contributed by atoms with Crippen LogP contribution in [0.3, 0.4) is 0 Å². The van der Waals surface area contributed by atoms with E-state index in [1.165, 1.54) is 12.1 Å². The number of nitrogens with zero attached hydrogens (tertiary/aromatic N) is 3. The Morgan fingerprint density at radius 3 is 2.71 bits per heavy atom. The van der Waals surface area contributed by atoms with Crippen LogP contribution in [0, 0.1) is 11.7 Å². The summed E-state index contributed by atoms with van der Waals surface area (Å²) in [4.78, 5) is 22.6. The molecule has 5 nitrogen and oxygen atoms in total. The summed E-state index contributed by atoms with van der Waals surface area (Å²) in [6.07, 6.45) is 4.54. The SMILES string of the molecule is O=C(O)[C@@H]1CN(c2ncnc3c2CCC3)C[C@H]1c1ccc(F)cc1. The van der Waals surface area contributed by atoms with Gasteiger partial charge in [0, 0.05) is 30.3 Å². The number of aliphatic carboxylic acids is 1. The molecule has 1 aliphatic carbocycles. The molecule has 1 aliphatic heterocycles. The summed E-state index contributed by atoms with van der Waals surface area (Å²) in [6.45, 7) is 0.993. The van der Waals surface area contributed by atoms with Crippen molar-refractivity contribution in [1.82, 2.24) is 9.97 Å². The molecule has 1 aromatic heterocycles. The van der Waals surface area contributed by atoms with Gasteiger partial charge in [0.05, 0.1) is 5.92 Å². The lowest BCUT2D eigenvalue weighted by Crippen LogP contribution is -2.24. The molecule has 2 aliphatic rings. The molecular formula is C18H18FN3O2. The minimum atomic E-state index is -0.822. The number of carboxylic acids is 1. The van der Waals surface area contributed by atoms with Gasteiger partial charge in [-0.15, -0.1) is 0 Å². The molecule has 0 unspecified atom stereocenters. The Kier molecular flexibility index (Phi) is 3.67. The highest BCUT2D eigenvalue weighted by molar-refractivity contribution is 5.74. The minimum Gasteiger partial charge on any atom is -0.481 e. The van der Waals surface area contributed by atoms with Gasteiger partial charge >= 0.3 is 5.97 Å². The standard InChI is InChI=1S/C18H18FN3O2/c19-12-6-4-11(5-7-12)14-8-22(9-15(14)18(23)24)17-13-2-1-3-16(13)20-10-21-17/h4-7,10,14-15H,1-3,8-9H2,(H,23,24)/t14-,15+/m0/s1. The molecule has 0 spiro atoms. The number of hydrogen-bond acceptors (Lipinski definition) is 4. The molecular weight excluding hydrogens is 309 g/mol. The smallest absolute Gasteiger partial charge is 0.308 e. The fraction of sp³-hybridized carbons (Fsp3) is 0.389. The zero-order valence-corrected chi connectivity index (χ0v) is 13.2. The summed E-state index contributed by atoms with van der Waals surface area (Å²) < 4.78 is 13.2. The zero-order chi connectivity index (χ0) is 16.7. The fourth-order valence-corrected chi connectivity index (χ4v) is 3.89. The van der Waals surface area contributed by atoms with E-state index in [2.05, 4.69) is 14.9 Å². The van der Waals surface area contributed by atoms with Gasteiger partial charge < -0.3 is 10.0 Å². The average Bonchev–Trinajstić information content (AvgIpc) is 3.22. The van der Waals surface area contributed by atoms with Crippen LogP contribution in [0.1, 0.15) is 29.2 Å². The predicted octanol–water partition coefficient (Wildman–Crippen LogP) is 2.41. The first-order valence-electron chi connectivity index (χ1n) is 8.19. The Balaban J connectivity index is 1.67. The quantitative estimate of drug-likeness (QED) is 0.938. The van der Waals surface area contributed by atoms with E-state index in [-0.39, 0.29) is 11.7 Å². The van der Waals surface area contributed by atoms with Gasteiger partial charge in [0.25, 0.3) is 0 Å². The van der Waals surface area contributed by atoms with Crippen LogP contribution in [0.5, 0.6) is 0 Å². The van der Waals surface area contributed by atoms with Crippen molar-refractivity contribution in [2.75, 3.05) is 18.0 Å². The van der Waals surface area contributed by atoms with Gasteiger partial charge in [0.15, 0.2) is 0 Å². The van der Waals surface area contributed by atoms with E-state index in [4.69, 9.17) is 0 Å². The van der Waals surface area contributed by atoms with Crippen molar-refractivity contribution in [2.45, 2.75) is 25.2 Å². The first-order chi connectivity index (χ1) is 11.6. The van der Waals surface area contributed by atoms with Crippen LogP contribution in [0.15, 0.2) is 30.6 Å². The maximum absolute atomic E-state index is 13.2. The number of aromatic nitrogens is 2. The van der Waals surface area contributed by atoms with Crippen LogP contribution in [-0.4, -0.2) is 34.1 Å². The Morgan fingerprint density at radius 2 is 1.96 bits per heavy atom. The van der Waals surface area contributed by atoms with Crippen LogP contribution >= 0.6 is 0 Å². The van der Waals surface area contributed by atoms with Gasteiger partial charge in [-0.25, -0.2) is 14.4 Å². The summed E-state index contributed by atoms with van der Waals surface area (Å²) in [5, 5.41) is 9.62. The van der Waals surface area contributed by atoms with E-state index in [0.717, 1.165) is 41.9 Å². The Bertz CT molecular complexity index is 778. The number of anilines is 1. The molecule has 0 bridgehead atoms. The van der Waals surface area contributed by atoms with Crippen molar-refractivity contribution in [3.8, 4) is 0 Å². The Morgan fingerprint density at radius 1 is 1.17 bits per heavy atom. The molecule has 1 fully saturated rings. The van der Waals surface area contributed by atoms with E-state index in [9.17, 15) is 14.3 Å². The van der Waals surface area contributed by atoms with Crippen LogP contribution < -0.4 is 4.90 Å². The van der Waals surface area contributed by atoms with E-state index >= 15 is 0 Å². The highest BCUT2D eigenvalue weighted by Crippen LogP contribution is 2.37. The van der Waals surface area contributed by atoms with E-state index in [1.807, 2.05) is 0 Å². The molecule has 1 saturated heterocycles. The molecule has 0 saturated carbocycles. The lowest BCUT2D eigenvalue weighted by atomic mass is 9.89. The molecule has 2 atom stereocenters. The molecule has 1 aromatic carbocycles. The van der Waals surface area contributed by atoms with E-state index in [0.29, 0.717) is 13.1 Å². The fourth-order valence-electron chi connectivity index (χ4n) is 3.89. The molecule has 4 rings (SSSR count). The topological polar surface area (TPSA) is 66.3 Å². The largest absolute Gasteiger partial charge is 0.481 e. The van der Waals surface area contributed by atoms with Crippen LogP contribution in [0.25, 0.3) is 0 Å². The van der Waals surface area contributed by atoms with E-state index in [1.54, 1.807) is 18.5 Å². The summed E-state index contributed by atoms with van der Waals surface area (Å²) in [5.41, 5.74) is 3.09. The van der Waals surface area contributed by atoms with Crippen LogP contribution in [0.2, 0.25) is 0 Å². The summed E-state index contributed by atoms with van der Waals surface area (Å²) >= 11 is 0. The third kappa shape index (κ3) is 2.52. The van der Waals surface area contributed by atoms with Gasteiger partial charge in [0.2, 0.25) is 0 Å². The first kappa shape index (κ1) is 15.1. The van der Waals surface area contributed by atoms with Gasteiger partial charge in [-0.3, -0.25) is 4.79 Å². The van der Waals surface area contributed by atoms with Crippen molar-refractivity contribution in [2.24, 2.45) is 5.92 Å². The van der Waals surface area contributed by atoms with E-state index < -0.39 is 11.9 Å². The maximum atomic E-state index is 13.2. The number of fused-ring (bicyclic) bond motifs is 1. The van der Waals surface area contributed by atoms with Gasteiger partial charge in [0.1, 0.15) is 18.0 Å². The zero-order valence-electron chi connectivity index (χ0n) is 13.2. The van der Waals surface area contributed by atoms with Crippen molar-refractivity contribution in [1.29, 1.82) is 0 Å². The highest BCUT2D eigenvalue weighted by Gasteiger charge is 2.40. The second-order valence-electron chi connectivity index (χ2n) is 6.48. The highest BCUT2D eigenvalue weighted by atomic mass is 19.1. The van der Waals surface area contributed by atoms with Gasteiger partial charge in [-0.05, 0) is 37.0 Å². The molecule has 6 heteroatoms. The van der Waals surface area contributed by atoms with Crippen molar-refractivity contribution < 1.29 is 14.3 Å². The normalized spacial score (nSPS) is 22.6. The number of carbonyl (C=O) groups is 1. The lowest BCUT2D eigenvalue weighted by molar-refractivity contribution is -0.141. The molecule has 124 valence electrons. The summed E-state index contributed by atoms with van der Waals surface area (Å²) in [6, 6.07) is 6.15. The number of rotatable bonds is 3. The number of halogens is 1. The molecule has 0 amide bonds. The number of carboxylic acid groups (broad SMARTS) is 1. The average molecular weight is 327 g/mol. The molecule has 0 radical (unpaired) electrons. The number of hydrogen-bond donors (Lipinski definition) is 1. The minimum absolute atomic E-state index is 0.171. The first-order valence-corrected chi connectivity index (χ1v) is 8.19. The van der Waals surface area contributed by atoms with Gasteiger partial charge in [-0.2, -0.15) is 0 Å².